The van der Waals surface area contributed by atoms with E-state index in [1.807, 2.05) is 0 Å². The van der Waals surface area contributed by atoms with E-state index in [0.29, 0.717) is 6.42 Å². The smallest absolute Gasteiger partial charge is 0.195 e. The number of hydrogen-bond donors (Lipinski definition) is 1. The third kappa shape index (κ3) is 4.44. The fourth-order valence-electron chi connectivity index (χ4n) is 0.434. The molecule has 2 nitrogen and oxygen atoms in total. The Hall–Kier alpha value is -0.0600. The molecule has 0 aromatic carbocycles. The fourth-order valence-corrected chi connectivity index (χ4v) is 0.654. The van der Waals surface area contributed by atoms with Crippen LogP contribution in [0.2, 0.25) is 0 Å². The first-order chi connectivity index (χ1) is 4.04. The van der Waals surface area contributed by atoms with Gasteiger partial charge in [0.15, 0.2) is 3.79 Å². The van der Waals surface area contributed by atoms with Crippen molar-refractivity contribution < 1.29 is 9.90 Å². The number of carbonyl (C=O) groups excluding carboxylic acids is 1. The zero-order chi connectivity index (χ0) is 7.44. The van der Waals surface area contributed by atoms with Gasteiger partial charge in [-0.3, -0.25) is 4.79 Å². The van der Waals surface area contributed by atoms with Crippen LogP contribution >= 0.6 is 22.6 Å². The van der Waals surface area contributed by atoms with Crippen LogP contribution in [-0.2, 0) is 4.79 Å². The molecule has 52 valence electrons. The summed E-state index contributed by atoms with van der Waals surface area (Å²) in [4.78, 5) is 10.5. The predicted octanol–water partition coefficient (Wildman–Crippen LogP) is 2.05. The Morgan fingerprint density at radius 2 is 2.33 bits per heavy atom. The first-order valence-electron chi connectivity index (χ1n) is 2.60. The number of aliphatic hydroxyl groups is 1. The highest BCUT2D eigenvalue weighted by Crippen LogP contribution is 2.11. The Kier molecular flexibility index (Phi) is 3.84. The second kappa shape index (κ2) is 3.87. The van der Waals surface area contributed by atoms with Gasteiger partial charge in [0.1, 0.15) is 0 Å². The molecular weight excluding hydrogens is 231 g/mol. The van der Waals surface area contributed by atoms with Gasteiger partial charge in [0.05, 0.1) is 5.76 Å². The van der Waals surface area contributed by atoms with Crippen LogP contribution < -0.4 is 0 Å². The molecule has 1 N–H and O–H groups in total. The molecule has 0 saturated carbocycles. The van der Waals surface area contributed by atoms with Crippen molar-refractivity contribution in [1.82, 2.24) is 0 Å². The van der Waals surface area contributed by atoms with E-state index in [1.165, 1.54) is 0 Å². The van der Waals surface area contributed by atoms with E-state index in [9.17, 15) is 4.79 Å². The van der Waals surface area contributed by atoms with Gasteiger partial charge in [0, 0.05) is 12.3 Å². The van der Waals surface area contributed by atoms with Crippen molar-refractivity contribution in [1.29, 1.82) is 0 Å². The molecule has 0 radical (unpaired) electrons. The van der Waals surface area contributed by atoms with Crippen LogP contribution in [0.5, 0.6) is 0 Å². The molecule has 0 unspecified atom stereocenters. The van der Waals surface area contributed by atoms with Crippen molar-refractivity contribution in [2.24, 2.45) is 5.92 Å². The van der Waals surface area contributed by atoms with Gasteiger partial charge in [-0.15, -0.1) is 0 Å². The van der Waals surface area contributed by atoms with Crippen LogP contribution in [0.3, 0.4) is 0 Å². The van der Waals surface area contributed by atoms with Gasteiger partial charge in [-0.2, -0.15) is 0 Å². The minimum Gasteiger partial charge on any atom is -0.513 e. The van der Waals surface area contributed by atoms with E-state index in [0.717, 1.165) is 0 Å². The van der Waals surface area contributed by atoms with Crippen molar-refractivity contribution in [2.45, 2.75) is 13.3 Å². The summed E-state index contributed by atoms with van der Waals surface area (Å²) in [5.41, 5.74) is 0. The SMILES string of the molecule is C=C(O)C[C@H](C)C(=O)I. The summed E-state index contributed by atoms with van der Waals surface area (Å²) < 4.78 is 0.0581. The third-order valence-corrected chi connectivity index (χ3v) is 1.99. The van der Waals surface area contributed by atoms with Gasteiger partial charge in [-0.1, -0.05) is 13.5 Å². The molecule has 0 rings (SSSR count). The Morgan fingerprint density at radius 1 is 1.89 bits per heavy atom. The normalized spacial score (nSPS) is 12.7. The summed E-state index contributed by atoms with van der Waals surface area (Å²) in [7, 11) is 0. The van der Waals surface area contributed by atoms with Gasteiger partial charge in [-0.25, -0.2) is 0 Å². The Labute approximate surface area is 68.1 Å². The largest absolute Gasteiger partial charge is 0.513 e. The molecule has 0 saturated heterocycles. The summed E-state index contributed by atoms with van der Waals surface area (Å²) in [5.74, 6) is -0.0318. The first kappa shape index (κ1) is 8.94. The molecule has 0 bridgehead atoms. The Morgan fingerprint density at radius 3 is 2.44 bits per heavy atom. The van der Waals surface area contributed by atoms with Gasteiger partial charge < -0.3 is 5.11 Å². The van der Waals surface area contributed by atoms with Gasteiger partial charge in [-0.05, 0) is 22.6 Å². The van der Waals surface area contributed by atoms with Gasteiger partial charge in [0.25, 0.3) is 0 Å². The number of aliphatic hydroxyl groups excluding tert-OH is 1. The van der Waals surface area contributed by atoms with Gasteiger partial charge in [0.2, 0.25) is 0 Å². The molecule has 0 spiro atoms. The lowest BCUT2D eigenvalue weighted by atomic mass is 10.1. The van der Waals surface area contributed by atoms with E-state index in [4.69, 9.17) is 5.11 Å². The second-order valence-corrected chi connectivity index (χ2v) is 3.04. The topological polar surface area (TPSA) is 37.3 Å². The molecule has 1 atom stereocenters. The highest BCUT2D eigenvalue weighted by Gasteiger charge is 2.09. The summed E-state index contributed by atoms with van der Waals surface area (Å²) in [6.45, 7) is 5.04. The average molecular weight is 240 g/mol. The monoisotopic (exact) mass is 240 g/mol. The van der Waals surface area contributed by atoms with E-state index in [1.54, 1.807) is 29.5 Å². The second-order valence-electron chi connectivity index (χ2n) is 1.98. The fraction of sp³-hybridized carbons (Fsp3) is 0.500. The maximum absolute atomic E-state index is 10.5. The molecule has 0 aliphatic rings. The summed E-state index contributed by atoms with van der Waals surface area (Å²) in [6.07, 6.45) is 0.377. The first-order valence-corrected chi connectivity index (χ1v) is 3.68. The van der Waals surface area contributed by atoms with Crippen LogP contribution in [0.1, 0.15) is 13.3 Å². The number of allylic oxidation sites excluding steroid dienone is 1. The van der Waals surface area contributed by atoms with Crippen molar-refractivity contribution >= 4 is 26.4 Å². The Balaban J connectivity index is 3.63. The number of halogens is 1. The zero-order valence-corrected chi connectivity index (χ0v) is 7.38. The predicted molar refractivity (Wildman–Crippen MR) is 44.6 cm³/mol. The zero-order valence-electron chi connectivity index (χ0n) is 5.22. The van der Waals surface area contributed by atoms with Crippen molar-refractivity contribution in [3.05, 3.63) is 12.3 Å². The lowest BCUT2D eigenvalue weighted by molar-refractivity contribution is -0.112. The van der Waals surface area contributed by atoms with Gasteiger partial charge >= 0.3 is 0 Å². The molecule has 0 fully saturated rings. The minimum atomic E-state index is -0.108. The molecular formula is C6H9IO2. The lowest BCUT2D eigenvalue weighted by Gasteiger charge is -2.02. The van der Waals surface area contributed by atoms with E-state index in [2.05, 4.69) is 6.58 Å². The third-order valence-electron chi connectivity index (χ3n) is 0.929. The maximum Gasteiger partial charge on any atom is 0.195 e. The summed E-state index contributed by atoms with van der Waals surface area (Å²) >= 11 is 1.71. The molecule has 3 heteroatoms. The van der Waals surface area contributed by atoms with E-state index >= 15 is 0 Å². The van der Waals surface area contributed by atoms with E-state index < -0.39 is 0 Å². The highest BCUT2D eigenvalue weighted by molar-refractivity contribution is 14.1. The van der Waals surface area contributed by atoms with Crippen LogP contribution in [-0.4, -0.2) is 8.90 Å². The van der Waals surface area contributed by atoms with Crippen LogP contribution in [0, 0.1) is 5.92 Å². The Bertz CT molecular complexity index is 131. The summed E-state index contributed by atoms with van der Waals surface area (Å²) in [5, 5.41) is 8.62. The molecule has 0 aromatic rings. The number of carbonyl (C=O) groups is 1. The van der Waals surface area contributed by atoms with Crippen molar-refractivity contribution in [3.8, 4) is 0 Å². The van der Waals surface area contributed by atoms with Crippen molar-refractivity contribution in [3.63, 3.8) is 0 Å². The summed E-state index contributed by atoms with van der Waals surface area (Å²) in [6, 6.07) is 0. The minimum absolute atomic E-state index is 0.0581. The molecule has 0 aliphatic carbocycles. The maximum atomic E-state index is 10.5. The molecule has 0 heterocycles. The van der Waals surface area contributed by atoms with E-state index in [-0.39, 0.29) is 15.5 Å². The molecule has 0 aliphatic heterocycles. The van der Waals surface area contributed by atoms with Crippen molar-refractivity contribution in [2.75, 3.05) is 0 Å². The number of rotatable bonds is 3. The van der Waals surface area contributed by atoms with Crippen LogP contribution in [0.4, 0.5) is 0 Å². The number of hydrogen-bond acceptors (Lipinski definition) is 2. The average Bonchev–Trinajstić information content (AvgIpc) is 1.63. The highest BCUT2D eigenvalue weighted by atomic mass is 127. The molecule has 0 amide bonds. The van der Waals surface area contributed by atoms with Crippen LogP contribution in [0.25, 0.3) is 0 Å². The standard InChI is InChI=1S/C6H9IO2/c1-4(6(7)9)3-5(2)8/h4,8H,2-3H2,1H3/t4-/m0/s1. The lowest BCUT2D eigenvalue weighted by Crippen LogP contribution is -2.03. The molecule has 9 heavy (non-hydrogen) atoms. The van der Waals surface area contributed by atoms with Crippen LogP contribution in [0.15, 0.2) is 12.3 Å². The molecule has 0 aromatic heterocycles. The quantitative estimate of drug-likeness (QED) is 0.465.